The van der Waals surface area contributed by atoms with Gasteiger partial charge in [-0.2, -0.15) is 0 Å². The molecular formula is C23H26N2O2. The molecule has 1 fully saturated rings. The van der Waals surface area contributed by atoms with Gasteiger partial charge in [0.15, 0.2) is 5.78 Å². The minimum atomic E-state index is 0.00683. The van der Waals surface area contributed by atoms with E-state index in [0.717, 1.165) is 42.9 Å². The summed E-state index contributed by atoms with van der Waals surface area (Å²) in [4.78, 5) is 26.5. The molecule has 1 amide bonds. The van der Waals surface area contributed by atoms with Crippen LogP contribution in [0.2, 0.25) is 0 Å². The minimum Gasteiger partial charge on any atom is -0.326 e. The number of nitrogens with zero attached hydrogens (tertiary/aromatic N) is 1. The molecule has 4 nitrogen and oxygen atoms in total. The van der Waals surface area contributed by atoms with Crippen LogP contribution in [0.15, 0.2) is 48.5 Å². The zero-order chi connectivity index (χ0) is 18.6. The highest BCUT2D eigenvalue weighted by atomic mass is 16.1. The lowest BCUT2D eigenvalue weighted by Crippen LogP contribution is -2.37. The summed E-state index contributed by atoms with van der Waals surface area (Å²) in [6, 6.07) is 16.2. The number of likely N-dealkylation sites (tertiary alicyclic amines) is 1. The summed E-state index contributed by atoms with van der Waals surface area (Å²) in [5.41, 5.74) is 3.91. The molecule has 4 rings (SSSR count). The van der Waals surface area contributed by atoms with E-state index in [1.807, 2.05) is 18.2 Å². The molecule has 27 heavy (non-hydrogen) atoms. The zero-order valence-electron chi connectivity index (χ0n) is 15.6. The van der Waals surface area contributed by atoms with E-state index in [-0.39, 0.29) is 11.7 Å². The van der Waals surface area contributed by atoms with Crippen LogP contribution in [0.25, 0.3) is 0 Å². The van der Waals surface area contributed by atoms with Crippen LogP contribution in [0.3, 0.4) is 0 Å². The van der Waals surface area contributed by atoms with Crippen molar-refractivity contribution in [2.45, 2.75) is 32.1 Å². The first kappa shape index (κ1) is 17.9. The molecule has 1 N–H and O–H groups in total. The van der Waals surface area contributed by atoms with Crippen molar-refractivity contribution >= 4 is 17.4 Å². The molecule has 0 spiro atoms. The standard InChI is InChI=1S/C23H26N2O2/c26-22(19-8-9-21-20(14-19)15-23(27)24-21)10-12-25-11-4-7-18(16-25)13-17-5-2-1-3-6-17/h1-3,5-6,8-9,14,18H,4,7,10-13,15-16H2,(H,24,27)/t18-/m0/s1. The van der Waals surface area contributed by atoms with Crippen molar-refractivity contribution in [3.05, 3.63) is 65.2 Å². The predicted molar refractivity (Wildman–Crippen MR) is 107 cm³/mol. The van der Waals surface area contributed by atoms with E-state index in [1.54, 1.807) is 0 Å². The molecule has 1 saturated heterocycles. The highest BCUT2D eigenvalue weighted by Gasteiger charge is 2.22. The van der Waals surface area contributed by atoms with Gasteiger partial charge >= 0.3 is 0 Å². The number of ketones is 1. The van der Waals surface area contributed by atoms with Gasteiger partial charge in [-0.15, -0.1) is 0 Å². The number of hydrogen-bond acceptors (Lipinski definition) is 3. The Bertz CT molecular complexity index is 832. The van der Waals surface area contributed by atoms with Crippen molar-refractivity contribution < 1.29 is 9.59 Å². The van der Waals surface area contributed by atoms with Crippen molar-refractivity contribution in [2.24, 2.45) is 5.92 Å². The highest BCUT2D eigenvalue weighted by Crippen LogP contribution is 2.25. The molecular weight excluding hydrogens is 336 g/mol. The molecule has 2 heterocycles. The van der Waals surface area contributed by atoms with Crippen molar-refractivity contribution in [2.75, 3.05) is 25.0 Å². The molecule has 0 aromatic heterocycles. The maximum Gasteiger partial charge on any atom is 0.228 e. The Hall–Kier alpha value is -2.46. The molecule has 0 unspecified atom stereocenters. The van der Waals surface area contributed by atoms with Gasteiger partial charge in [0.1, 0.15) is 0 Å². The van der Waals surface area contributed by atoms with Crippen molar-refractivity contribution in [3.63, 3.8) is 0 Å². The molecule has 2 aromatic rings. The average Bonchev–Trinajstić information content (AvgIpc) is 3.06. The second-order valence-corrected chi connectivity index (χ2v) is 7.77. The fourth-order valence-corrected chi connectivity index (χ4v) is 4.28. The Morgan fingerprint density at radius 1 is 1.15 bits per heavy atom. The van der Waals surface area contributed by atoms with Gasteiger partial charge < -0.3 is 10.2 Å². The third-order valence-electron chi connectivity index (χ3n) is 5.68. The number of piperidine rings is 1. The van der Waals surface area contributed by atoms with Gasteiger partial charge in [0.05, 0.1) is 6.42 Å². The van der Waals surface area contributed by atoms with Gasteiger partial charge in [-0.3, -0.25) is 9.59 Å². The molecule has 1 atom stereocenters. The van der Waals surface area contributed by atoms with Gasteiger partial charge in [-0.05, 0) is 61.1 Å². The van der Waals surface area contributed by atoms with Crippen LogP contribution < -0.4 is 5.32 Å². The number of rotatable bonds is 6. The molecule has 140 valence electrons. The minimum absolute atomic E-state index is 0.00683. The number of hydrogen-bond donors (Lipinski definition) is 1. The van der Waals surface area contributed by atoms with Gasteiger partial charge in [0.25, 0.3) is 0 Å². The second kappa shape index (κ2) is 8.05. The maximum atomic E-state index is 12.6. The summed E-state index contributed by atoms with van der Waals surface area (Å²) in [7, 11) is 0. The topological polar surface area (TPSA) is 49.4 Å². The van der Waals surface area contributed by atoms with Crippen LogP contribution in [-0.4, -0.2) is 36.2 Å². The normalized spacial score (nSPS) is 19.6. The van der Waals surface area contributed by atoms with Crippen molar-refractivity contribution in [1.29, 1.82) is 0 Å². The monoisotopic (exact) mass is 362 g/mol. The SMILES string of the molecule is O=C1Cc2cc(C(=O)CCN3CCC[C@@H](Cc4ccccc4)C3)ccc2N1. The van der Waals surface area contributed by atoms with Gasteiger partial charge in [-0.1, -0.05) is 30.3 Å². The first-order chi connectivity index (χ1) is 13.2. The Kier molecular flexibility index (Phi) is 5.35. The van der Waals surface area contributed by atoms with Gasteiger partial charge in [0.2, 0.25) is 5.91 Å². The lowest BCUT2D eigenvalue weighted by molar-refractivity contribution is -0.115. The molecule has 2 aliphatic rings. The van der Waals surface area contributed by atoms with E-state index in [9.17, 15) is 9.59 Å². The Morgan fingerprint density at radius 3 is 2.85 bits per heavy atom. The Labute approximate surface area is 160 Å². The van der Waals surface area contributed by atoms with Crippen LogP contribution in [-0.2, 0) is 17.6 Å². The number of benzene rings is 2. The smallest absolute Gasteiger partial charge is 0.228 e. The number of amides is 1. The maximum absolute atomic E-state index is 12.6. The molecule has 4 heteroatoms. The van der Waals surface area contributed by atoms with Crippen LogP contribution in [0.1, 0.15) is 40.7 Å². The van der Waals surface area contributed by atoms with E-state index >= 15 is 0 Å². The number of fused-ring (bicyclic) bond motifs is 1. The Morgan fingerprint density at radius 2 is 2.00 bits per heavy atom. The number of anilines is 1. The summed E-state index contributed by atoms with van der Waals surface area (Å²) < 4.78 is 0. The summed E-state index contributed by atoms with van der Waals surface area (Å²) in [5, 5.41) is 2.81. The fraction of sp³-hybridized carbons (Fsp3) is 0.391. The predicted octanol–water partition coefficient (Wildman–Crippen LogP) is 3.71. The van der Waals surface area contributed by atoms with Crippen LogP contribution in [0.5, 0.6) is 0 Å². The zero-order valence-corrected chi connectivity index (χ0v) is 15.6. The summed E-state index contributed by atoms with van der Waals surface area (Å²) in [6.45, 7) is 2.98. The molecule has 0 bridgehead atoms. The van der Waals surface area contributed by atoms with E-state index < -0.39 is 0 Å². The fourth-order valence-electron chi connectivity index (χ4n) is 4.28. The van der Waals surface area contributed by atoms with E-state index in [1.165, 1.54) is 18.4 Å². The quantitative estimate of drug-likeness (QED) is 0.797. The largest absolute Gasteiger partial charge is 0.326 e. The molecule has 0 saturated carbocycles. The summed E-state index contributed by atoms with van der Waals surface area (Å²) in [6.07, 6.45) is 4.52. The van der Waals surface area contributed by atoms with Crippen LogP contribution >= 0.6 is 0 Å². The number of carbonyl (C=O) groups is 2. The number of carbonyl (C=O) groups excluding carboxylic acids is 2. The van der Waals surface area contributed by atoms with E-state index in [0.29, 0.717) is 18.8 Å². The van der Waals surface area contributed by atoms with Crippen LogP contribution in [0, 0.1) is 5.92 Å². The van der Waals surface area contributed by atoms with Crippen LogP contribution in [0.4, 0.5) is 5.69 Å². The molecule has 2 aliphatic heterocycles. The number of Topliss-reactive ketones (excluding diaryl/α,β-unsaturated/α-hetero) is 1. The average molecular weight is 362 g/mol. The molecule has 2 aromatic carbocycles. The van der Waals surface area contributed by atoms with Gasteiger partial charge in [-0.25, -0.2) is 0 Å². The lowest BCUT2D eigenvalue weighted by Gasteiger charge is -2.32. The second-order valence-electron chi connectivity index (χ2n) is 7.77. The summed E-state index contributed by atoms with van der Waals surface area (Å²) in [5.74, 6) is 0.850. The van der Waals surface area contributed by atoms with Gasteiger partial charge in [0, 0.05) is 30.8 Å². The molecule has 0 aliphatic carbocycles. The first-order valence-electron chi connectivity index (χ1n) is 9.89. The lowest BCUT2D eigenvalue weighted by atomic mass is 9.91. The van der Waals surface area contributed by atoms with Crippen molar-refractivity contribution in [3.8, 4) is 0 Å². The summed E-state index contributed by atoms with van der Waals surface area (Å²) >= 11 is 0. The molecule has 0 radical (unpaired) electrons. The highest BCUT2D eigenvalue weighted by molar-refractivity contribution is 6.02. The van der Waals surface area contributed by atoms with E-state index in [2.05, 4.69) is 40.5 Å². The third-order valence-corrected chi connectivity index (χ3v) is 5.68. The van der Waals surface area contributed by atoms with E-state index in [4.69, 9.17) is 0 Å². The van der Waals surface area contributed by atoms with Crippen molar-refractivity contribution in [1.82, 2.24) is 4.90 Å². The first-order valence-corrected chi connectivity index (χ1v) is 9.89. The third kappa shape index (κ3) is 4.45. The number of nitrogens with one attached hydrogen (secondary N) is 1. The Balaban J connectivity index is 1.30.